The van der Waals surface area contributed by atoms with Gasteiger partial charge in [0.05, 0.1) is 5.56 Å². The average Bonchev–Trinajstić information content (AvgIpc) is 2.47. The number of hydrogen-bond donors (Lipinski definition) is 2. The molecule has 0 atom stereocenters. The van der Waals surface area contributed by atoms with E-state index in [0.717, 1.165) is 12.1 Å². The maximum atomic E-state index is 5.86. The third kappa shape index (κ3) is 3.80. The minimum absolute atomic E-state index is 0.257. The molecule has 1 aromatic heterocycles. The number of hydrogen-bond acceptors (Lipinski definition) is 6. The van der Waals surface area contributed by atoms with E-state index in [1.807, 2.05) is 0 Å². The first-order valence-electron chi connectivity index (χ1n) is 7.39. The van der Waals surface area contributed by atoms with E-state index in [4.69, 9.17) is 10.6 Å². The highest BCUT2D eigenvalue weighted by Crippen LogP contribution is 2.29. The minimum Gasteiger partial charge on any atom is -0.476 e. The first-order chi connectivity index (χ1) is 9.72. The molecule has 2 rings (SSSR count). The molecule has 0 bridgehead atoms. The van der Waals surface area contributed by atoms with Crippen LogP contribution < -0.4 is 16.0 Å². The van der Waals surface area contributed by atoms with Crippen molar-refractivity contribution < 1.29 is 4.74 Å². The molecule has 112 valence electrons. The number of likely N-dealkylation sites (tertiary alicyclic amines) is 1. The van der Waals surface area contributed by atoms with Gasteiger partial charge in [0.1, 0.15) is 12.9 Å². The van der Waals surface area contributed by atoms with Crippen LogP contribution in [0.15, 0.2) is 6.33 Å². The Hall–Kier alpha value is -1.40. The van der Waals surface area contributed by atoms with Crippen molar-refractivity contribution in [3.05, 3.63) is 11.9 Å². The lowest BCUT2D eigenvalue weighted by Crippen LogP contribution is -2.33. The van der Waals surface area contributed by atoms with Crippen LogP contribution in [0.25, 0.3) is 0 Å². The van der Waals surface area contributed by atoms with E-state index in [0.29, 0.717) is 18.3 Å². The fourth-order valence-electron chi connectivity index (χ4n) is 2.58. The van der Waals surface area contributed by atoms with Crippen LogP contribution in [0.1, 0.15) is 44.6 Å². The van der Waals surface area contributed by atoms with Crippen LogP contribution in [0.5, 0.6) is 5.88 Å². The second-order valence-corrected chi connectivity index (χ2v) is 5.49. The standard InChI is InChI=1S/C14H25N5O/c1-11(2)12-13(18-15)16-10-17-14(12)20-9-8-19-6-4-3-5-7-19/h10-11H,3-9,15H2,1-2H3,(H,16,17,18). The molecule has 1 aromatic rings. The summed E-state index contributed by atoms with van der Waals surface area (Å²) in [5, 5.41) is 0. The smallest absolute Gasteiger partial charge is 0.222 e. The van der Waals surface area contributed by atoms with Gasteiger partial charge in [-0.05, 0) is 31.8 Å². The lowest BCUT2D eigenvalue weighted by atomic mass is 10.1. The highest BCUT2D eigenvalue weighted by atomic mass is 16.5. The molecule has 3 N–H and O–H groups in total. The van der Waals surface area contributed by atoms with Crippen LogP contribution in [-0.4, -0.2) is 41.1 Å². The predicted octanol–water partition coefficient (Wildman–Crippen LogP) is 1.75. The van der Waals surface area contributed by atoms with E-state index in [9.17, 15) is 0 Å². The Morgan fingerprint density at radius 3 is 2.70 bits per heavy atom. The van der Waals surface area contributed by atoms with E-state index in [1.54, 1.807) is 0 Å². The maximum absolute atomic E-state index is 5.86. The highest BCUT2D eigenvalue weighted by Gasteiger charge is 2.16. The highest BCUT2D eigenvalue weighted by molar-refractivity contribution is 5.49. The second-order valence-electron chi connectivity index (χ2n) is 5.49. The van der Waals surface area contributed by atoms with E-state index in [1.165, 1.54) is 38.7 Å². The lowest BCUT2D eigenvalue weighted by Gasteiger charge is -2.26. The number of hydrazine groups is 1. The van der Waals surface area contributed by atoms with Gasteiger partial charge >= 0.3 is 0 Å². The molecule has 0 unspecified atom stereocenters. The maximum Gasteiger partial charge on any atom is 0.222 e. The summed E-state index contributed by atoms with van der Waals surface area (Å²) in [6, 6.07) is 0. The summed E-state index contributed by atoms with van der Waals surface area (Å²) in [6.07, 6.45) is 5.43. The van der Waals surface area contributed by atoms with Crippen LogP contribution in [0.4, 0.5) is 5.82 Å². The molecular weight excluding hydrogens is 254 g/mol. The Kier molecular flexibility index (Phi) is 5.55. The zero-order valence-corrected chi connectivity index (χ0v) is 12.4. The number of piperidine rings is 1. The SMILES string of the molecule is CC(C)c1c(NN)ncnc1OCCN1CCCCC1. The van der Waals surface area contributed by atoms with Crippen LogP contribution in [0.2, 0.25) is 0 Å². The Morgan fingerprint density at radius 2 is 2.05 bits per heavy atom. The van der Waals surface area contributed by atoms with Crippen molar-refractivity contribution in [3.63, 3.8) is 0 Å². The first-order valence-corrected chi connectivity index (χ1v) is 7.39. The number of nitrogens with zero attached hydrogens (tertiary/aromatic N) is 3. The van der Waals surface area contributed by atoms with E-state index in [-0.39, 0.29) is 5.92 Å². The monoisotopic (exact) mass is 279 g/mol. The molecule has 2 heterocycles. The fourth-order valence-corrected chi connectivity index (χ4v) is 2.58. The molecule has 6 nitrogen and oxygen atoms in total. The van der Waals surface area contributed by atoms with Gasteiger partial charge < -0.3 is 10.2 Å². The van der Waals surface area contributed by atoms with Gasteiger partial charge in [0, 0.05) is 6.54 Å². The summed E-state index contributed by atoms with van der Waals surface area (Å²) >= 11 is 0. The lowest BCUT2D eigenvalue weighted by molar-refractivity contribution is 0.179. The number of ether oxygens (including phenoxy) is 1. The zero-order chi connectivity index (χ0) is 14.4. The molecule has 0 aromatic carbocycles. The Balaban J connectivity index is 1.94. The van der Waals surface area contributed by atoms with Crippen LogP contribution in [0, 0.1) is 0 Å². The first kappa shape index (κ1) is 15.0. The molecule has 1 saturated heterocycles. The predicted molar refractivity (Wildman–Crippen MR) is 79.7 cm³/mol. The molecule has 20 heavy (non-hydrogen) atoms. The van der Waals surface area contributed by atoms with Crippen LogP contribution in [-0.2, 0) is 0 Å². The summed E-state index contributed by atoms with van der Waals surface area (Å²) in [4.78, 5) is 10.8. The van der Waals surface area contributed by atoms with Crippen molar-refractivity contribution in [3.8, 4) is 5.88 Å². The largest absolute Gasteiger partial charge is 0.476 e. The van der Waals surface area contributed by atoms with Crippen LogP contribution >= 0.6 is 0 Å². The number of nitrogens with two attached hydrogens (primary N) is 1. The summed E-state index contributed by atoms with van der Waals surface area (Å²) < 4.78 is 5.86. The zero-order valence-electron chi connectivity index (χ0n) is 12.4. The molecule has 1 aliphatic heterocycles. The number of rotatable bonds is 6. The number of nitrogen functional groups attached to an aromatic ring is 1. The molecule has 0 spiro atoms. The quantitative estimate of drug-likeness (QED) is 0.610. The molecular formula is C14H25N5O. The summed E-state index contributed by atoms with van der Waals surface area (Å²) in [7, 11) is 0. The van der Waals surface area contributed by atoms with Crippen LogP contribution in [0.3, 0.4) is 0 Å². The van der Waals surface area contributed by atoms with E-state index < -0.39 is 0 Å². The van der Waals surface area contributed by atoms with Gasteiger partial charge in [-0.1, -0.05) is 20.3 Å². The van der Waals surface area contributed by atoms with Crippen molar-refractivity contribution in [2.75, 3.05) is 31.7 Å². The molecule has 1 aliphatic rings. The molecule has 1 fully saturated rings. The average molecular weight is 279 g/mol. The van der Waals surface area contributed by atoms with Crippen molar-refractivity contribution in [2.24, 2.45) is 5.84 Å². The van der Waals surface area contributed by atoms with Gasteiger partial charge in [-0.25, -0.2) is 15.8 Å². The molecule has 0 amide bonds. The molecule has 6 heteroatoms. The normalized spacial score (nSPS) is 16.4. The fraction of sp³-hybridized carbons (Fsp3) is 0.714. The number of anilines is 1. The molecule has 0 aliphatic carbocycles. The van der Waals surface area contributed by atoms with Gasteiger partial charge in [-0.15, -0.1) is 0 Å². The Labute approximate surface area is 120 Å². The number of nitrogens with one attached hydrogen (secondary N) is 1. The number of aromatic nitrogens is 2. The molecule has 0 radical (unpaired) electrons. The van der Waals surface area contributed by atoms with Gasteiger partial charge in [-0.2, -0.15) is 0 Å². The van der Waals surface area contributed by atoms with Gasteiger partial charge in [0.2, 0.25) is 5.88 Å². The summed E-state index contributed by atoms with van der Waals surface area (Å²) in [6.45, 7) is 8.13. The van der Waals surface area contributed by atoms with Crippen molar-refractivity contribution in [1.29, 1.82) is 0 Å². The van der Waals surface area contributed by atoms with Gasteiger partial charge in [0.15, 0.2) is 5.82 Å². The third-order valence-electron chi connectivity index (χ3n) is 3.66. The summed E-state index contributed by atoms with van der Waals surface area (Å²) in [5.41, 5.74) is 3.55. The minimum atomic E-state index is 0.257. The van der Waals surface area contributed by atoms with Gasteiger partial charge in [0.25, 0.3) is 0 Å². The Morgan fingerprint density at radius 1 is 1.30 bits per heavy atom. The van der Waals surface area contributed by atoms with Crippen molar-refractivity contribution in [1.82, 2.24) is 14.9 Å². The van der Waals surface area contributed by atoms with E-state index >= 15 is 0 Å². The van der Waals surface area contributed by atoms with E-state index in [2.05, 4.69) is 34.1 Å². The molecule has 0 saturated carbocycles. The van der Waals surface area contributed by atoms with Crippen molar-refractivity contribution in [2.45, 2.75) is 39.0 Å². The third-order valence-corrected chi connectivity index (χ3v) is 3.66. The second kappa shape index (κ2) is 7.40. The topological polar surface area (TPSA) is 76.3 Å². The summed E-state index contributed by atoms with van der Waals surface area (Å²) in [5.74, 6) is 7.04. The van der Waals surface area contributed by atoms with Crippen molar-refractivity contribution >= 4 is 5.82 Å². The van der Waals surface area contributed by atoms with Gasteiger partial charge in [-0.3, -0.25) is 4.90 Å². The Bertz CT molecular complexity index is 418.